The van der Waals surface area contributed by atoms with Crippen molar-refractivity contribution in [3.05, 3.63) is 47.1 Å². The van der Waals surface area contributed by atoms with Gasteiger partial charge in [-0.05, 0) is 30.9 Å². The molecule has 0 spiro atoms. The molecule has 4 heteroatoms. The lowest BCUT2D eigenvalue weighted by molar-refractivity contribution is 0.342. The summed E-state index contributed by atoms with van der Waals surface area (Å²) in [5, 5.41) is 4.09. The highest BCUT2D eigenvalue weighted by Gasteiger charge is 2.30. The van der Waals surface area contributed by atoms with Crippen LogP contribution in [-0.4, -0.2) is 16.2 Å². The van der Waals surface area contributed by atoms with E-state index < -0.39 is 0 Å². The Morgan fingerprint density at radius 3 is 2.89 bits per heavy atom. The van der Waals surface area contributed by atoms with Gasteiger partial charge in [-0.25, -0.2) is 0 Å². The van der Waals surface area contributed by atoms with Crippen LogP contribution in [0.4, 0.5) is 0 Å². The molecule has 2 N–H and O–H groups in total. The molecule has 2 aromatic rings. The molecule has 1 aliphatic rings. The summed E-state index contributed by atoms with van der Waals surface area (Å²) in [4.78, 5) is 4.52. The lowest BCUT2D eigenvalue weighted by Gasteiger charge is -2.08. The van der Waals surface area contributed by atoms with Gasteiger partial charge in [-0.2, -0.15) is 4.98 Å². The van der Waals surface area contributed by atoms with Crippen LogP contribution in [-0.2, 0) is 6.42 Å². The molecule has 1 heterocycles. The second-order valence-electron chi connectivity index (χ2n) is 5.35. The number of rotatable bonds is 3. The fraction of sp³-hybridized carbons (Fsp3) is 0.467. The zero-order valence-corrected chi connectivity index (χ0v) is 11.2. The zero-order valence-electron chi connectivity index (χ0n) is 11.2. The number of hydrogen-bond donors (Lipinski definition) is 1. The molecular formula is C15H19N3O. The molecule has 4 nitrogen and oxygen atoms in total. The molecule has 0 bridgehead atoms. The number of benzene rings is 1. The first-order valence-electron chi connectivity index (χ1n) is 6.86. The van der Waals surface area contributed by atoms with Gasteiger partial charge in [0.2, 0.25) is 5.89 Å². The first-order chi connectivity index (χ1) is 9.24. The third-order valence-electron chi connectivity index (χ3n) is 3.98. The maximum absolute atomic E-state index is 6.07. The van der Waals surface area contributed by atoms with Crippen molar-refractivity contribution in [3.63, 3.8) is 0 Å². The van der Waals surface area contributed by atoms with E-state index in [2.05, 4.69) is 29.2 Å². The van der Waals surface area contributed by atoms with Gasteiger partial charge in [0.05, 0.1) is 5.92 Å². The normalized spacial score (nSPS) is 22.8. The Hall–Kier alpha value is -1.68. The minimum absolute atomic E-state index is 0.173. The van der Waals surface area contributed by atoms with E-state index in [-0.39, 0.29) is 12.0 Å². The molecule has 100 valence electrons. The minimum Gasteiger partial charge on any atom is -0.339 e. The summed E-state index contributed by atoms with van der Waals surface area (Å²) in [7, 11) is 0. The summed E-state index contributed by atoms with van der Waals surface area (Å²) in [6, 6.07) is 8.45. The van der Waals surface area contributed by atoms with Crippen molar-refractivity contribution in [2.24, 2.45) is 5.73 Å². The molecule has 1 aromatic carbocycles. The number of nitrogens with zero attached hydrogens (tertiary/aromatic N) is 2. The van der Waals surface area contributed by atoms with Crippen molar-refractivity contribution in [1.82, 2.24) is 10.1 Å². The largest absolute Gasteiger partial charge is 0.339 e. The SMILES string of the molecule is Cc1ccccc1Cc1noc(C2CCCC2N)n1. The maximum Gasteiger partial charge on any atom is 0.231 e. The van der Waals surface area contributed by atoms with Gasteiger partial charge in [0.25, 0.3) is 0 Å². The van der Waals surface area contributed by atoms with Crippen LogP contribution >= 0.6 is 0 Å². The van der Waals surface area contributed by atoms with Crippen LogP contribution in [0.5, 0.6) is 0 Å². The van der Waals surface area contributed by atoms with Gasteiger partial charge < -0.3 is 10.3 Å². The van der Waals surface area contributed by atoms with Crippen molar-refractivity contribution >= 4 is 0 Å². The highest BCUT2D eigenvalue weighted by Crippen LogP contribution is 2.32. The number of hydrogen-bond acceptors (Lipinski definition) is 4. The molecule has 2 unspecified atom stereocenters. The number of aromatic nitrogens is 2. The predicted molar refractivity (Wildman–Crippen MR) is 72.9 cm³/mol. The van der Waals surface area contributed by atoms with Crippen LogP contribution in [0.2, 0.25) is 0 Å². The van der Waals surface area contributed by atoms with E-state index in [1.807, 2.05) is 12.1 Å². The average molecular weight is 257 g/mol. The zero-order chi connectivity index (χ0) is 13.2. The van der Waals surface area contributed by atoms with Crippen LogP contribution in [0.25, 0.3) is 0 Å². The van der Waals surface area contributed by atoms with E-state index in [9.17, 15) is 0 Å². The third-order valence-corrected chi connectivity index (χ3v) is 3.98. The molecule has 0 aliphatic heterocycles. The Morgan fingerprint density at radius 2 is 2.16 bits per heavy atom. The summed E-state index contributed by atoms with van der Waals surface area (Å²) >= 11 is 0. The standard InChI is InChI=1S/C15H19N3O/c1-10-5-2-3-6-11(10)9-14-17-15(19-18-14)12-7-4-8-13(12)16/h2-3,5-6,12-13H,4,7-9,16H2,1H3. The van der Waals surface area contributed by atoms with Crippen molar-refractivity contribution in [2.75, 3.05) is 0 Å². The molecule has 0 saturated heterocycles. The number of aryl methyl sites for hydroxylation is 1. The molecule has 1 aliphatic carbocycles. The van der Waals surface area contributed by atoms with Gasteiger partial charge in [-0.3, -0.25) is 0 Å². The lowest BCUT2D eigenvalue weighted by Crippen LogP contribution is -2.22. The van der Waals surface area contributed by atoms with E-state index in [0.29, 0.717) is 5.89 Å². The Kier molecular flexibility index (Phi) is 3.34. The molecule has 0 radical (unpaired) electrons. The van der Waals surface area contributed by atoms with Crippen LogP contribution in [0.3, 0.4) is 0 Å². The third kappa shape index (κ3) is 2.54. The van der Waals surface area contributed by atoms with Gasteiger partial charge in [-0.1, -0.05) is 35.8 Å². The molecule has 2 atom stereocenters. The molecular weight excluding hydrogens is 238 g/mol. The Balaban J connectivity index is 1.77. The van der Waals surface area contributed by atoms with Gasteiger partial charge in [-0.15, -0.1) is 0 Å². The van der Waals surface area contributed by atoms with Crippen LogP contribution in [0, 0.1) is 6.92 Å². The summed E-state index contributed by atoms with van der Waals surface area (Å²) in [6.45, 7) is 2.10. The molecule has 3 rings (SSSR count). The minimum atomic E-state index is 0.173. The van der Waals surface area contributed by atoms with E-state index in [1.54, 1.807) is 0 Å². The smallest absolute Gasteiger partial charge is 0.231 e. The summed E-state index contributed by atoms with van der Waals surface area (Å²) < 4.78 is 5.39. The Morgan fingerprint density at radius 1 is 1.32 bits per heavy atom. The van der Waals surface area contributed by atoms with E-state index in [1.165, 1.54) is 11.1 Å². The molecule has 1 saturated carbocycles. The monoisotopic (exact) mass is 257 g/mol. The highest BCUT2D eigenvalue weighted by atomic mass is 16.5. The second kappa shape index (κ2) is 5.13. The van der Waals surface area contributed by atoms with Crippen molar-refractivity contribution in [3.8, 4) is 0 Å². The van der Waals surface area contributed by atoms with E-state index >= 15 is 0 Å². The summed E-state index contributed by atoms with van der Waals surface area (Å²) in [5.41, 5.74) is 8.57. The highest BCUT2D eigenvalue weighted by molar-refractivity contribution is 5.28. The van der Waals surface area contributed by atoms with Crippen LogP contribution in [0.1, 0.15) is 48.0 Å². The number of nitrogens with two attached hydrogens (primary N) is 1. The molecule has 1 aromatic heterocycles. The van der Waals surface area contributed by atoms with Crippen LogP contribution in [0.15, 0.2) is 28.8 Å². The van der Waals surface area contributed by atoms with Crippen molar-refractivity contribution < 1.29 is 4.52 Å². The fourth-order valence-corrected chi connectivity index (χ4v) is 2.76. The first kappa shape index (κ1) is 12.4. The average Bonchev–Trinajstić information content (AvgIpc) is 3.01. The molecule has 1 fully saturated rings. The maximum atomic E-state index is 6.07. The summed E-state index contributed by atoms with van der Waals surface area (Å²) in [6.07, 6.45) is 3.99. The Labute approximate surface area is 113 Å². The molecule has 19 heavy (non-hydrogen) atoms. The van der Waals surface area contributed by atoms with Gasteiger partial charge >= 0.3 is 0 Å². The van der Waals surface area contributed by atoms with Gasteiger partial charge in [0.15, 0.2) is 5.82 Å². The topological polar surface area (TPSA) is 64.9 Å². The second-order valence-corrected chi connectivity index (χ2v) is 5.35. The van der Waals surface area contributed by atoms with E-state index in [0.717, 1.165) is 31.5 Å². The van der Waals surface area contributed by atoms with Crippen molar-refractivity contribution in [1.29, 1.82) is 0 Å². The predicted octanol–water partition coefficient (Wildman–Crippen LogP) is 2.56. The van der Waals surface area contributed by atoms with E-state index in [4.69, 9.17) is 10.3 Å². The molecule has 0 amide bonds. The fourth-order valence-electron chi connectivity index (χ4n) is 2.76. The van der Waals surface area contributed by atoms with Gasteiger partial charge in [0.1, 0.15) is 0 Å². The van der Waals surface area contributed by atoms with Gasteiger partial charge in [0, 0.05) is 12.5 Å². The van der Waals surface area contributed by atoms with Crippen LogP contribution < -0.4 is 5.73 Å². The first-order valence-corrected chi connectivity index (χ1v) is 6.86. The lowest BCUT2D eigenvalue weighted by atomic mass is 10.0. The quantitative estimate of drug-likeness (QED) is 0.917. The summed E-state index contributed by atoms with van der Waals surface area (Å²) in [5.74, 6) is 1.72. The Bertz CT molecular complexity index is 564. The van der Waals surface area contributed by atoms with Crippen molar-refractivity contribution in [2.45, 2.75) is 44.6 Å².